The van der Waals surface area contributed by atoms with Crippen LogP contribution in [0.5, 0.6) is 11.5 Å². The van der Waals surface area contributed by atoms with Gasteiger partial charge in [-0.15, -0.1) is 0 Å². The van der Waals surface area contributed by atoms with Crippen LogP contribution in [0.2, 0.25) is 5.02 Å². The molecule has 0 heterocycles. The quantitative estimate of drug-likeness (QED) is 0.806. The molecule has 0 aliphatic carbocycles. The largest absolute Gasteiger partial charge is 0.493 e. The maximum Gasteiger partial charge on any atom is 0.325 e. The number of halogens is 1. The fourth-order valence-corrected chi connectivity index (χ4v) is 1.80. The molecule has 0 aliphatic rings. The average Bonchev–Trinajstić information content (AvgIpc) is 2.44. The van der Waals surface area contributed by atoms with Crippen molar-refractivity contribution in [3.05, 3.63) is 22.7 Å². The molecule has 1 amide bonds. The normalized spacial score (nSPS) is 11.6. The van der Waals surface area contributed by atoms with Crippen molar-refractivity contribution in [1.29, 1.82) is 0 Å². The Bertz CT molecular complexity index is 532. The Labute approximate surface area is 128 Å². The highest BCUT2D eigenvalue weighted by Gasteiger charge is 2.19. The van der Waals surface area contributed by atoms with Gasteiger partial charge in [-0.05, 0) is 25.5 Å². The van der Waals surface area contributed by atoms with Crippen LogP contribution >= 0.6 is 11.6 Å². The second-order valence-electron chi connectivity index (χ2n) is 4.37. The van der Waals surface area contributed by atoms with Gasteiger partial charge in [0.1, 0.15) is 6.04 Å². The molecule has 1 atom stereocenters. The molecule has 7 heteroatoms. The van der Waals surface area contributed by atoms with Gasteiger partial charge >= 0.3 is 5.97 Å². The molecule has 0 aliphatic heterocycles. The standard InChI is InChI=1S/C14H18ClNO5/c1-4-5-21-12-10(15)6-9(7-11(12)20-3)13(17)16-8(2)14(18)19/h6-8H,4-5H2,1-3H3,(H,16,17)(H,18,19)/t8-/m1/s1. The van der Waals surface area contributed by atoms with Crippen LogP contribution in [-0.2, 0) is 4.79 Å². The van der Waals surface area contributed by atoms with Gasteiger partial charge in [0.2, 0.25) is 0 Å². The Balaban J connectivity index is 3.02. The first kappa shape index (κ1) is 17.1. The predicted octanol–water partition coefficient (Wildman–Crippen LogP) is 2.34. The maximum atomic E-state index is 12.0. The van der Waals surface area contributed by atoms with E-state index in [0.717, 1.165) is 6.42 Å². The number of hydrogen-bond donors (Lipinski definition) is 2. The molecule has 0 saturated carbocycles. The van der Waals surface area contributed by atoms with E-state index in [-0.39, 0.29) is 10.6 Å². The molecule has 0 saturated heterocycles. The summed E-state index contributed by atoms with van der Waals surface area (Å²) in [5.41, 5.74) is 0.203. The number of methoxy groups -OCH3 is 1. The Morgan fingerprint density at radius 2 is 2.10 bits per heavy atom. The van der Waals surface area contributed by atoms with Crippen LogP contribution in [0.15, 0.2) is 12.1 Å². The molecule has 6 nitrogen and oxygen atoms in total. The minimum atomic E-state index is -1.12. The summed E-state index contributed by atoms with van der Waals surface area (Å²) in [5.74, 6) is -0.982. The van der Waals surface area contributed by atoms with Gasteiger partial charge in [0.25, 0.3) is 5.91 Å². The fraction of sp³-hybridized carbons (Fsp3) is 0.429. The predicted molar refractivity (Wildman–Crippen MR) is 78.4 cm³/mol. The zero-order chi connectivity index (χ0) is 16.0. The third kappa shape index (κ3) is 4.53. The van der Waals surface area contributed by atoms with Crippen LogP contribution in [0.4, 0.5) is 0 Å². The number of carboxylic acid groups (broad SMARTS) is 1. The van der Waals surface area contributed by atoms with Crippen molar-refractivity contribution < 1.29 is 24.2 Å². The van der Waals surface area contributed by atoms with Gasteiger partial charge in [-0.1, -0.05) is 18.5 Å². The van der Waals surface area contributed by atoms with E-state index in [0.29, 0.717) is 18.1 Å². The lowest BCUT2D eigenvalue weighted by molar-refractivity contribution is -0.138. The Morgan fingerprint density at radius 1 is 1.43 bits per heavy atom. The van der Waals surface area contributed by atoms with Gasteiger partial charge in [0.15, 0.2) is 11.5 Å². The molecule has 21 heavy (non-hydrogen) atoms. The van der Waals surface area contributed by atoms with E-state index >= 15 is 0 Å². The van der Waals surface area contributed by atoms with Crippen molar-refractivity contribution in [2.24, 2.45) is 0 Å². The minimum Gasteiger partial charge on any atom is -0.493 e. The third-order valence-electron chi connectivity index (χ3n) is 2.66. The second-order valence-corrected chi connectivity index (χ2v) is 4.78. The van der Waals surface area contributed by atoms with Crippen molar-refractivity contribution in [3.8, 4) is 11.5 Å². The molecule has 0 radical (unpaired) electrons. The smallest absolute Gasteiger partial charge is 0.325 e. The minimum absolute atomic E-state index is 0.203. The monoisotopic (exact) mass is 315 g/mol. The lowest BCUT2D eigenvalue weighted by Gasteiger charge is -2.14. The molecule has 0 unspecified atom stereocenters. The molecular formula is C14H18ClNO5. The highest BCUT2D eigenvalue weighted by Crippen LogP contribution is 2.36. The Morgan fingerprint density at radius 3 is 2.62 bits per heavy atom. The zero-order valence-corrected chi connectivity index (χ0v) is 12.9. The highest BCUT2D eigenvalue weighted by molar-refractivity contribution is 6.32. The van der Waals surface area contributed by atoms with Gasteiger partial charge in [0, 0.05) is 5.56 Å². The van der Waals surface area contributed by atoms with E-state index in [2.05, 4.69) is 5.32 Å². The highest BCUT2D eigenvalue weighted by atomic mass is 35.5. The SMILES string of the molecule is CCCOc1c(Cl)cc(C(=O)N[C@H](C)C(=O)O)cc1OC. The lowest BCUT2D eigenvalue weighted by atomic mass is 10.1. The molecule has 0 fully saturated rings. The molecule has 1 aromatic carbocycles. The van der Waals surface area contributed by atoms with Crippen molar-refractivity contribution >= 4 is 23.5 Å². The first-order valence-electron chi connectivity index (χ1n) is 6.44. The molecule has 0 bridgehead atoms. The van der Waals surface area contributed by atoms with Crippen molar-refractivity contribution in [3.63, 3.8) is 0 Å². The summed E-state index contributed by atoms with van der Waals surface area (Å²) in [6, 6.07) is 1.87. The number of ether oxygens (including phenoxy) is 2. The van der Waals surface area contributed by atoms with E-state index in [1.54, 1.807) is 0 Å². The summed E-state index contributed by atoms with van der Waals surface area (Å²) in [5, 5.41) is 11.4. The second kappa shape index (κ2) is 7.73. The van der Waals surface area contributed by atoms with Gasteiger partial charge in [-0.3, -0.25) is 9.59 Å². The fourth-order valence-electron chi connectivity index (χ4n) is 1.54. The van der Waals surface area contributed by atoms with Crippen molar-refractivity contribution in [2.75, 3.05) is 13.7 Å². The van der Waals surface area contributed by atoms with Gasteiger partial charge in [0.05, 0.1) is 18.7 Å². The van der Waals surface area contributed by atoms with E-state index in [9.17, 15) is 9.59 Å². The molecule has 1 rings (SSSR count). The van der Waals surface area contributed by atoms with Crippen LogP contribution in [0.3, 0.4) is 0 Å². The Hall–Kier alpha value is -1.95. The number of hydrogen-bond acceptors (Lipinski definition) is 4. The number of rotatable bonds is 7. The first-order valence-corrected chi connectivity index (χ1v) is 6.82. The van der Waals surface area contributed by atoms with Crippen LogP contribution in [-0.4, -0.2) is 36.7 Å². The zero-order valence-electron chi connectivity index (χ0n) is 12.1. The summed E-state index contributed by atoms with van der Waals surface area (Å²) < 4.78 is 10.6. The van der Waals surface area contributed by atoms with E-state index in [4.69, 9.17) is 26.2 Å². The summed E-state index contributed by atoms with van der Waals surface area (Å²) in [7, 11) is 1.44. The van der Waals surface area contributed by atoms with Gasteiger partial charge in [-0.2, -0.15) is 0 Å². The van der Waals surface area contributed by atoms with E-state index in [1.165, 1.54) is 26.2 Å². The Kier molecular flexibility index (Phi) is 6.30. The summed E-state index contributed by atoms with van der Waals surface area (Å²) in [6.45, 7) is 3.80. The maximum absolute atomic E-state index is 12.0. The number of amides is 1. The lowest BCUT2D eigenvalue weighted by Crippen LogP contribution is -2.38. The summed E-state index contributed by atoms with van der Waals surface area (Å²) in [4.78, 5) is 22.7. The van der Waals surface area contributed by atoms with Gasteiger partial charge < -0.3 is 19.9 Å². The molecule has 116 valence electrons. The number of nitrogens with one attached hydrogen (secondary N) is 1. The van der Waals surface area contributed by atoms with E-state index in [1.807, 2.05) is 6.92 Å². The number of aliphatic carboxylic acids is 1. The number of benzene rings is 1. The first-order chi connectivity index (χ1) is 9.90. The topological polar surface area (TPSA) is 84.9 Å². The van der Waals surface area contributed by atoms with Crippen LogP contribution in [0, 0.1) is 0 Å². The molecule has 0 aromatic heterocycles. The average molecular weight is 316 g/mol. The number of carboxylic acids is 1. The van der Waals surface area contributed by atoms with Crippen LogP contribution in [0.25, 0.3) is 0 Å². The third-order valence-corrected chi connectivity index (χ3v) is 2.94. The molecule has 1 aromatic rings. The van der Waals surface area contributed by atoms with Crippen LogP contribution < -0.4 is 14.8 Å². The van der Waals surface area contributed by atoms with E-state index < -0.39 is 17.9 Å². The van der Waals surface area contributed by atoms with Crippen molar-refractivity contribution in [2.45, 2.75) is 26.3 Å². The summed E-state index contributed by atoms with van der Waals surface area (Å²) in [6.07, 6.45) is 0.803. The van der Waals surface area contributed by atoms with Gasteiger partial charge in [-0.25, -0.2) is 0 Å². The molecule has 2 N–H and O–H groups in total. The number of carbonyl (C=O) groups is 2. The number of carbonyl (C=O) groups excluding carboxylic acids is 1. The van der Waals surface area contributed by atoms with Crippen molar-refractivity contribution in [1.82, 2.24) is 5.32 Å². The molecule has 0 spiro atoms. The molecular weight excluding hydrogens is 298 g/mol. The summed E-state index contributed by atoms with van der Waals surface area (Å²) >= 11 is 6.09. The van der Waals surface area contributed by atoms with Crippen LogP contribution in [0.1, 0.15) is 30.6 Å².